The smallest absolute Gasteiger partial charge is 0.271 e. The SMILES string of the molecule is CC1(C)CC1CNc1nc[nH]c(=O)c1Cl. The summed E-state index contributed by atoms with van der Waals surface area (Å²) in [5.74, 6) is 1.12. The molecule has 0 bridgehead atoms. The Bertz CT molecular complexity index is 427. The fourth-order valence-corrected chi connectivity index (χ4v) is 1.82. The monoisotopic (exact) mass is 227 g/mol. The molecular formula is C10H14ClN3O. The summed E-state index contributed by atoms with van der Waals surface area (Å²) in [7, 11) is 0. The lowest BCUT2D eigenvalue weighted by atomic mass is 10.1. The van der Waals surface area contributed by atoms with E-state index in [4.69, 9.17) is 11.6 Å². The minimum atomic E-state index is -0.302. The standard InChI is InChI=1S/C10H14ClN3O/c1-10(2)3-6(10)4-12-8-7(11)9(15)14-5-13-8/h5-6H,3-4H2,1-2H3,(H2,12,13,14,15). The molecule has 1 aromatic rings. The summed E-state index contributed by atoms with van der Waals surface area (Å²) in [4.78, 5) is 17.6. The van der Waals surface area contributed by atoms with E-state index in [2.05, 4.69) is 29.1 Å². The average molecular weight is 228 g/mol. The molecule has 82 valence electrons. The number of hydrogen-bond acceptors (Lipinski definition) is 3. The van der Waals surface area contributed by atoms with Crippen molar-refractivity contribution in [2.75, 3.05) is 11.9 Å². The first-order chi connectivity index (χ1) is 7.00. The number of aromatic nitrogens is 2. The lowest BCUT2D eigenvalue weighted by Gasteiger charge is -2.07. The molecule has 1 aliphatic carbocycles. The minimum absolute atomic E-state index is 0.135. The normalized spacial score (nSPS) is 22.5. The van der Waals surface area contributed by atoms with E-state index < -0.39 is 0 Å². The van der Waals surface area contributed by atoms with Crippen LogP contribution < -0.4 is 10.9 Å². The van der Waals surface area contributed by atoms with Crippen LogP contribution in [-0.4, -0.2) is 16.5 Å². The van der Waals surface area contributed by atoms with Crippen LogP contribution >= 0.6 is 11.6 Å². The molecule has 0 radical (unpaired) electrons. The van der Waals surface area contributed by atoms with Gasteiger partial charge < -0.3 is 10.3 Å². The highest BCUT2D eigenvalue weighted by atomic mass is 35.5. The van der Waals surface area contributed by atoms with Gasteiger partial charge in [0.2, 0.25) is 0 Å². The first kappa shape index (κ1) is 10.5. The number of hydrogen-bond donors (Lipinski definition) is 2. The molecular weight excluding hydrogens is 214 g/mol. The Morgan fingerprint density at radius 3 is 3.00 bits per heavy atom. The van der Waals surface area contributed by atoms with E-state index in [-0.39, 0.29) is 10.6 Å². The van der Waals surface area contributed by atoms with Crippen molar-refractivity contribution in [3.8, 4) is 0 Å². The van der Waals surface area contributed by atoms with Gasteiger partial charge in [-0.05, 0) is 17.8 Å². The second-order valence-electron chi connectivity index (χ2n) is 4.66. The lowest BCUT2D eigenvalue weighted by Crippen LogP contribution is -2.14. The van der Waals surface area contributed by atoms with E-state index in [0.29, 0.717) is 17.2 Å². The Balaban J connectivity index is 2.00. The maximum absolute atomic E-state index is 11.2. The predicted molar refractivity (Wildman–Crippen MR) is 60.2 cm³/mol. The number of anilines is 1. The fourth-order valence-electron chi connectivity index (χ4n) is 1.65. The third-order valence-electron chi connectivity index (χ3n) is 3.03. The van der Waals surface area contributed by atoms with Gasteiger partial charge in [-0.25, -0.2) is 4.98 Å². The average Bonchev–Trinajstić information content (AvgIpc) is 2.77. The van der Waals surface area contributed by atoms with Gasteiger partial charge >= 0.3 is 0 Å². The Morgan fingerprint density at radius 2 is 2.40 bits per heavy atom. The van der Waals surface area contributed by atoms with E-state index in [1.54, 1.807) is 0 Å². The van der Waals surface area contributed by atoms with Crippen LogP contribution in [0.1, 0.15) is 20.3 Å². The predicted octanol–water partition coefficient (Wildman–Crippen LogP) is 1.88. The van der Waals surface area contributed by atoms with Crippen LogP contribution in [0.4, 0.5) is 5.82 Å². The van der Waals surface area contributed by atoms with Crippen molar-refractivity contribution in [3.05, 3.63) is 21.7 Å². The zero-order valence-corrected chi connectivity index (χ0v) is 9.56. The van der Waals surface area contributed by atoms with Gasteiger partial charge in [-0.3, -0.25) is 4.79 Å². The van der Waals surface area contributed by atoms with Gasteiger partial charge in [-0.2, -0.15) is 0 Å². The van der Waals surface area contributed by atoms with Crippen LogP contribution in [0.25, 0.3) is 0 Å². The minimum Gasteiger partial charge on any atom is -0.368 e. The van der Waals surface area contributed by atoms with Crippen molar-refractivity contribution in [1.29, 1.82) is 0 Å². The highest BCUT2D eigenvalue weighted by molar-refractivity contribution is 6.32. The van der Waals surface area contributed by atoms with Gasteiger partial charge in [-0.1, -0.05) is 25.4 Å². The summed E-state index contributed by atoms with van der Waals surface area (Å²) in [6.45, 7) is 5.28. The first-order valence-electron chi connectivity index (χ1n) is 4.98. The molecule has 0 aliphatic heterocycles. The summed E-state index contributed by atoms with van der Waals surface area (Å²) in [6.07, 6.45) is 2.56. The molecule has 1 unspecified atom stereocenters. The van der Waals surface area contributed by atoms with Crippen LogP contribution in [0.5, 0.6) is 0 Å². The number of H-pyrrole nitrogens is 1. The zero-order valence-electron chi connectivity index (χ0n) is 8.80. The molecule has 0 aromatic carbocycles. The Hall–Kier alpha value is -1.03. The molecule has 1 atom stereocenters. The van der Waals surface area contributed by atoms with Crippen LogP contribution in [0, 0.1) is 11.3 Å². The second-order valence-corrected chi connectivity index (χ2v) is 5.04. The van der Waals surface area contributed by atoms with Crippen molar-refractivity contribution in [2.24, 2.45) is 11.3 Å². The van der Waals surface area contributed by atoms with E-state index in [1.165, 1.54) is 12.7 Å². The van der Waals surface area contributed by atoms with Crippen LogP contribution in [0.15, 0.2) is 11.1 Å². The second kappa shape index (κ2) is 3.52. The first-order valence-corrected chi connectivity index (χ1v) is 5.35. The number of nitrogens with zero attached hydrogens (tertiary/aromatic N) is 1. The Morgan fingerprint density at radius 1 is 1.73 bits per heavy atom. The number of aromatic amines is 1. The molecule has 2 rings (SSSR count). The number of rotatable bonds is 3. The van der Waals surface area contributed by atoms with Gasteiger partial charge in [0.1, 0.15) is 5.02 Å². The van der Waals surface area contributed by atoms with Crippen molar-refractivity contribution < 1.29 is 0 Å². The quantitative estimate of drug-likeness (QED) is 0.829. The Labute approximate surface area is 93.1 Å². The lowest BCUT2D eigenvalue weighted by molar-refractivity contribution is 0.573. The topological polar surface area (TPSA) is 57.8 Å². The molecule has 1 aromatic heterocycles. The van der Waals surface area contributed by atoms with Gasteiger partial charge in [0.25, 0.3) is 5.56 Å². The van der Waals surface area contributed by atoms with E-state index >= 15 is 0 Å². The summed E-state index contributed by atoms with van der Waals surface area (Å²) >= 11 is 5.80. The summed E-state index contributed by atoms with van der Waals surface area (Å²) < 4.78 is 0. The molecule has 4 nitrogen and oxygen atoms in total. The third kappa shape index (κ3) is 2.15. The summed E-state index contributed by atoms with van der Waals surface area (Å²) in [6, 6.07) is 0. The molecule has 15 heavy (non-hydrogen) atoms. The molecule has 5 heteroatoms. The van der Waals surface area contributed by atoms with E-state index in [0.717, 1.165) is 6.54 Å². The highest BCUT2D eigenvalue weighted by Gasteiger charge is 2.45. The van der Waals surface area contributed by atoms with Crippen molar-refractivity contribution in [1.82, 2.24) is 9.97 Å². The maximum Gasteiger partial charge on any atom is 0.271 e. The molecule has 0 amide bonds. The third-order valence-corrected chi connectivity index (χ3v) is 3.38. The van der Waals surface area contributed by atoms with Gasteiger partial charge in [0.05, 0.1) is 6.33 Å². The zero-order chi connectivity index (χ0) is 11.1. The molecule has 1 heterocycles. The maximum atomic E-state index is 11.2. The van der Waals surface area contributed by atoms with Gasteiger partial charge in [0.15, 0.2) is 5.82 Å². The van der Waals surface area contributed by atoms with Crippen LogP contribution in [0.2, 0.25) is 5.02 Å². The molecule has 0 saturated heterocycles. The number of nitrogens with one attached hydrogen (secondary N) is 2. The summed E-state index contributed by atoms with van der Waals surface area (Å²) in [5.41, 5.74) is 0.116. The highest BCUT2D eigenvalue weighted by Crippen LogP contribution is 2.51. The van der Waals surface area contributed by atoms with Crippen molar-refractivity contribution in [2.45, 2.75) is 20.3 Å². The Kier molecular flexibility index (Phi) is 2.46. The van der Waals surface area contributed by atoms with Crippen LogP contribution in [0.3, 0.4) is 0 Å². The van der Waals surface area contributed by atoms with Crippen LogP contribution in [-0.2, 0) is 0 Å². The summed E-state index contributed by atoms with van der Waals surface area (Å²) in [5, 5.41) is 3.24. The largest absolute Gasteiger partial charge is 0.368 e. The van der Waals surface area contributed by atoms with E-state index in [9.17, 15) is 4.79 Å². The molecule has 2 N–H and O–H groups in total. The fraction of sp³-hybridized carbons (Fsp3) is 0.600. The number of halogens is 1. The molecule has 1 fully saturated rings. The van der Waals surface area contributed by atoms with Gasteiger partial charge in [0, 0.05) is 6.54 Å². The molecule has 1 saturated carbocycles. The molecule has 0 spiro atoms. The molecule has 1 aliphatic rings. The van der Waals surface area contributed by atoms with Crippen molar-refractivity contribution >= 4 is 17.4 Å². The van der Waals surface area contributed by atoms with Gasteiger partial charge in [-0.15, -0.1) is 0 Å². The van der Waals surface area contributed by atoms with Crippen molar-refractivity contribution in [3.63, 3.8) is 0 Å². The van der Waals surface area contributed by atoms with E-state index in [1.807, 2.05) is 0 Å².